The van der Waals surface area contributed by atoms with Crippen LogP contribution in [0.5, 0.6) is 0 Å². The summed E-state index contributed by atoms with van der Waals surface area (Å²) >= 11 is 1.63. The van der Waals surface area contributed by atoms with Gasteiger partial charge in [0.05, 0.1) is 11.2 Å². The van der Waals surface area contributed by atoms with E-state index in [9.17, 15) is 4.79 Å². The molecule has 2 heterocycles. The van der Waals surface area contributed by atoms with E-state index in [0.717, 1.165) is 44.0 Å². The lowest BCUT2D eigenvalue weighted by atomic mass is 10.0. The summed E-state index contributed by atoms with van der Waals surface area (Å²) in [7, 11) is 0. The van der Waals surface area contributed by atoms with E-state index >= 15 is 0 Å². The summed E-state index contributed by atoms with van der Waals surface area (Å²) in [6, 6.07) is 9.46. The third-order valence-electron chi connectivity index (χ3n) is 4.03. The second-order valence-corrected chi connectivity index (χ2v) is 6.23. The van der Waals surface area contributed by atoms with Crippen molar-refractivity contribution >= 4 is 17.2 Å². The molecule has 22 heavy (non-hydrogen) atoms. The highest BCUT2D eigenvalue weighted by Gasteiger charge is 2.28. The number of carbonyl (C=O) groups excluding carboxylic acids is 1. The zero-order valence-electron chi connectivity index (χ0n) is 12.4. The minimum Gasteiger partial charge on any atom is -0.368 e. The molecular weight excluding hydrogens is 296 g/mol. The number of aromatic nitrogens is 1. The first-order valence-corrected chi connectivity index (χ1v) is 8.36. The summed E-state index contributed by atoms with van der Waals surface area (Å²) in [6.07, 6.45) is 0. The Bertz CT molecular complexity index is 594. The number of rotatable bonds is 5. The number of hydrogen-bond donors (Lipinski definition) is 1. The molecule has 1 aromatic carbocycles. The molecule has 1 aliphatic rings. The topological polar surface area (TPSA) is 62.5 Å². The third-order valence-corrected chi connectivity index (χ3v) is 4.66. The van der Waals surface area contributed by atoms with E-state index < -0.39 is 0 Å². The molecule has 0 unspecified atom stereocenters. The monoisotopic (exact) mass is 316 g/mol. The Kier molecular flexibility index (Phi) is 4.82. The van der Waals surface area contributed by atoms with Crippen LogP contribution in [0.15, 0.2) is 41.2 Å². The van der Waals surface area contributed by atoms with Gasteiger partial charge in [0.2, 0.25) is 5.91 Å². The second-order valence-electron chi connectivity index (χ2n) is 5.51. The second kappa shape index (κ2) is 7.00. The van der Waals surface area contributed by atoms with E-state index in [-0.39, 0.29) is 11.9 Å². The molecule has 3 rings (SSSR count). The van der Waals surface area contributed by atoms with Crippen LogP contribution in [0.3, 0.4) is 0 Å². The molecule has 0 radical (unpaired) electrons. The zero-order chi connectivity index (χ0) is 15.4. The number of carbonyl (C=O) groups is 1. The van der Waals surface area contributed by atoms with E-state index in [0.29, 0.717) is 0 Å². The van der Waals surface area contributed by atoms with Crippen molar-refractivity contribution in [3.63, 3.8) is 0 Å². The normalized spacial score (nSPS) is 18.2. The van der Waals surface area contributed by atoms with E-state index in [2.05, 4.69) is 20.2 Å². The molecule has 1 fully saturated rings. The summed E-state index contributed by atoms with van der Waals surface area (Å²) < 4.78 is 0. The Morgan fingerprint density at radius 1 is 1.23 bits per heavy atom. The largest absolute Gasteiger partial charge is 0.368 e. The van der Waals surface area contributed by atoms with Crippen LogP contribution in [0.2, 0.25) is 0 Å². The molecule has 6 heteroatoms. The van der Waals surface area contributed by atoms with Crippen molar-refractivity contribution in [2.24, 2.45) is 5.73 Å². The lowest BCUT2D eigenvalue weighted by Crippen LogP contribution is -2.50. The van der Waals surface area contributed by atoms with Gasteiger partial charge in [0.15, 0.2) is 0 Å². The van der Waals surface area contributed by atoms with Gasteiger partial charge in [-0.2, -0.15) is 0 Å². The van der Waals surface area contributed by atoms with Crippen LogP contribution in [-0.2, 0) is 11.3 Å². The van der Waals surface area contributed by atoms with Crippen LogP contribution >= 0.6 is 11.3 Å². The minimum absolute atomic E-state index is 0.279. The van der Waals surface area contributed by atoms with E-state index in [1.54, 1.807) is 11.3 Å². The van der Waals surface area contributed by atoms with Crippen molar-refractivity contribution in [1.82, 2.24) is 14.8 Å². The van der Waals surface area contributed by atoms with E-state index in [4.69, 9.17) is 5.73 Å². The van der Waals surface area contributed by atoms with Crippen LogP contribution in [-0.4, -0.2) is 46.9 Å². The first-order chi connectivity index (χ1) is 10.7. The highest BCUT2D eigenvalue weighted by molar-refractivity contribution is 7.07. The van der Waals surface area contributed by atoms with Gasteiger partial charge in [-0.05, 0) is 5.56 Å². The Hall–Kier alpha value is -1.76. The number of primary amides is 1. The number of thiazole rings is 1. The molecule has 2 aromatic rings. The summed E-state index contributed by atoms with van der Waals surface area (Å²) in [5.41, 5.74) is 9.60. The molecule has 1 aliphatic heterocycles. The van der Waals surface area contributed by atoms with Gasteiger partial charge in [0.25, 0.3) is 0 Å². The van der Waals surface area contributed by atoms with Gasteiger partial charge in [-0.1, -0.05) is 30.3 Å². The zero-order valence-corrected chi connectivity index (χ0v) is 13.2. The highest BCUT2D eigenvalue weighted by atomic mass is 32.1. The van der Waals surface area contributed by atoms with Gasteiger partial charge in [0, 0.05) is 38.1 Å². The van der Waals surface area contributed by atoms with Crippen LogP contribution in [0.25, 0.3) is 0 Å². The van der Waals surface area contributed by atoms with Crippen molar-refractivity contribution in [2.75, 3.05) is 26.2 Å². The molecule has 2 N–H and O–H groups in total. The molecule has 116 valence electrons. The Balaban J connectivity index is 1.62. The fourth-order valence-electron chi connectivity index (χ4n) is 2.91. The summed E-state index contributed by atoms with van der Waals surface area (Å²) in [5, 5.41) is 2.09. The number of hydrogen-bond acceptors (Lipinski definition) is 5. The molecule has 1 atom stereocenters. The van der Waals surface area contributed by atoms with Gasteiger partial charge in [0.1, 0.15) is 6.04 Å². The fraction of sp³-hybridized carbons (Fsp3) is 0.375. The minimum atomic E-state index is -0.331. The van der Waals surface area contributed by atoms with Gasteiger partial charge in [-0.25, -0.2) is 4.98 Å². The van der Waals surface area contributed by atoms with Crippen molar-refractivity contribution in [3.05, 3.63) is 52.5 Å². The molecule has 5 nitrogen and oxygen atoms in total. The number of nitrogens with two attached hydrogens (primary N) is 1. The van der Waals surface area contributed by atoms with Crippen molar-refractivity contribution < 1.29 is 4.79 Å². The lowest BCUT2D eigenvalue weighted by molar-refractivity contribution is -0.124. The Morgan fingerprint density at radius 2 is 1.95 bits per heavy atom. The maximum Gasteiger partial charge on any atom is 0.239 e. The van der Waals surface area contributed by atoms with Crippen LogP contribution in [0.1, 0.15) is 17.3 Å². The van der Waals surface area contributed by atoms with Gasteiger partial charge in [-0.15, -0.1) is 11.3 Å². The van der Waals surface area contributed by atoms with Gasteiger partial charge >= 0.3 is 0 Å². The summed E-state index contributed by atoms with van der Waals surface area (Å²) in [4.78, 5) is 20.8. The predicted molar refractivity (Wildman–Crippen MR) is 87.3 cm³/mol. The lowest BCUT2D eigenvalue weighted by Gasteiger charge is -2.38. The van der Waals surface area contributed by atoms with Crippen molar-refractivity contribution in [2.45, 2.75) is 12.6 Å². The average Bonchev–Trinajstić information content (AvgIpc) is 3.03. The van der Waals surface area contributed by atoms with Crippen LogP contribution in [0, 0.1) is 0 Å². The summed E-state index contributed by atoms with van der Waals surface area (Å²) in [6.45, 7) is 4.41. The van der Waals surface area contributed by atoms with Gasteiger partial charge in [-0.3, -0.25) is 14.6 Å². The molecule has 1 saturated heterocycles. The first kappa shape index (κ1) is 15.1. The number of nitrogens with zero attached hydrogens (tertiary/aromatic N) is 3. The molecular formula is C16H20N4OS. The SMILES string of the molecule is NC(=O)[C@@H](c1ccccc1)N1CCN(Cc2cscn2)CC1. The number of piperazine rings is 1. The predicted octanol–water partition coefficient (Wildman–Crippen LogP) is 1.49. The number of benzene rings is 1. The first-order valence-electron chi connectivity index (χ1n) is 7.42. The third kappa shape index (κ3) is 3.52. The molecule has 0 aliphatic carbocycles. The quantitative estimate of drug-likeness (QED) is 0.908. The highest BCUT2D eigenvalue weighted by Crippen LogP contribution is 2.22. The molecule has 0 spiro atoms. The van der Waals surface area contributed by atoms with Crippen molar-refractivity contribution in [3.8, 4) is 0 Å². The molecule has 1 amide bonds. The average molecular weight is 316 g/mol. The smallest absolute Gasteiger partial charge is 0.239 e. The maximum atomic E-state index is 11.9. The van der Waals surface area contributed by atoms with Crippen molar-refractivity contribution in [1.29, 1.82) is 0 Å². The number of amides is 1. The summed E-state index contributed by atoms with van der Waals surface area (Å²) in [5.74, 6) is -0.279. The van der Waals surface area contributed by atoms with Gasteiger partial charge < -0.3 is 5.73 Å². The molecule has 0 saturated carbocycles. The van der Waals surface area contributed by atoms with Crippen LogP contribution in [0.4, 0.5) is 0 Å². The van der Waals surface area contributed by atoms with Crippen LogP contribution < -0.4 is 5.73 Å². The fourth-order valence-corrected chi connectivity index (χ4v) is 3.46. The molecule has 1 aromatic heterocycles. The Morgan fingerprint density at radius 3 is 2.55 bits per heavy atom. The Labute approximate surface area is 134 Å². The van der Waals surface area contributed by atoms with E-state index in [1.165, 1.54) is 0 Å². The maximum absolute atomic E-state index is 11.9. The molecule has 0 bridgehead atoms. The standard InChI is InChI=1S/C16H20N4OS/c17-16(21)15(13-4-2-1-3-5-13)20-8-6-19(7-9-20)10-14-11-22-12-18-14/h1-5,11-12,15H,6-10H2,(H2,17,21)/t15-/m1/s1. The van der Waals surface area contributed by atoms with E-state index in [1.807, 2.05) is 35.8 Å².